The van der Waals surface area contributed by atoms with Crippen LogP contribution >= 0.6 is 0 Å². The Labute approximate surface area is 116 Å². The van der Waals surface area contributed by atoms with E-state index < -0.39 is 5.97 Å². The van der Waals surface area contributed by atoms with Gasteiger partial charge in [0.25, 0.3) is 0 Å². The molecule has 1 aliphatic heterocycles. The predicted molar refractivity (Wildman–Crippen MR) is 76.4 cm³/mol. The number of carboxylic acid groups (broad SMARTS) is 1. The zero-order chi connectivity index (χ0) is 13.9. The Morgan fingerprint density at radius 1 is 1.25 bits per heavy atom. The molecule has 0 spiro atoms. The lowest BCUT2D eigenvalue weighted by atomic mass is 10.1. The van der Waals surface area contributed by atoms with Crippen LogP contribution in [0.2, 0.25) is 0 Å². The molecule has 0 unspecified atom stereocenters. The minimum absolute atomic E-state index is 0.302. The molecule has 3 rings (SSSR count). The van der Waals surface area contributed by atoms with Crippen LogP contribution < -0.4 is 4.90 Å². The first-order valence-corrected chi connectivity index (χ1v) is 6.71. The molecular formula is C15H16N2O3. The summed E-state index contributed by atoms with van der Waals surface area (Å²) in [5.41, 5.74) is 1.02. The van der Waals surface area contributed by atoms with Crippen LogP contribution in [0, 0.1) is 0 Å². The lowest BCUT2D eigenvalue weighted by Gasteiger charge is -2.21. The lowest BCUT2D eigenvalue weighted by Crippen LogP contribution is -2.27. The van der Waals surface area contributed by atoms with Crippen molar-refractivity contribution in [3.8, 4) is 0 Å². The van der Waals surface area contributed by atoms with Crippen molar-refractivity contribution in [2.75, 3.05) is 31.2 Å². The van der Waals surface area contributed by atoms with E-state index in [9.17, 15) is 9.90 Å². The molecule has 1 aliphatic rings. The van der Waals surface area contributed by atoms with Crippen LogP contribution in [-0.4, -0.2) is 42.4 Å². The number of hydrogen-bond acceptors (Lipinski definition) is 4. The molecule has 0 aliphatic carbocycles. The molecule has 1 saturated heterocycles. The lowest BCUT2D eigenvalue weighted by molar-refractivity contribution is 0.0699. The van der Waals surface area contributed by atoms with Gasteiger partial charge in [0.1, 0.15) is 5.82 Å². The number of para-hydroxylation sites is 1. The third-order valence-corrected chi connectivity index (χ3v) is 3.48. The Kier molecular flexibility index (Phi) is 3.52. The molecule has 1 N–H and O–H groups in total. The summed E-state index contributed by atoms with van der Waals surface area (Å²) in [5, 5.41) is 10.1. The van der Waals surface area contributed by atoms with Crippen molar-refractivity contribution >= 4 is 22.7 Å². The minimum Gasteiger partial charge on any atom is -0.478 e. The van der Waals surface area contributed by atoms with E-state index in [0.29, 0.717) is 28.9 Å². The highest BCUT2D eigenvalue weighted by molar-refractivity contribution is 6.03. The first-order chi connectivity index (χ1) is 9.75. The summed E-state index contributed by atoms with van der Waals surface area (Å²) in [5.74, 6) is -0.206. The quantitative estimate of drug-likeness (QED) is 0.907. The first-order valence-electron chi connectivity index (χ1n) is 6.71. The Bertz CT molecular complexity index is 634. The van der Waals surface area contributed by atoms with Gasteiger partial charge in [-0.15, -0.1) is 0 Å². The van der Waals surface area contributed by atoms with Gasteiger partial charge >= 0.3 is 5.97 Å². The van der Waals surface area contributed by atoms with E-state index in [1.54, 1.807) is 12.1 Å². The number of rotatable bonds is 2. The van der Waals surface area contributed by atoms with Gasteiger partial charge in [-0.25, -0.2) is 9.78 Å². The van der Waals surface area contributed by atoms with Crippen molar-refractivity contribution in [3.05, 3.63) is 35.9 Å². The zero-order valence-electron chi connectivity index (χ0n) is 11.1. The van der Waals surface area contributed by atoms with Crippen molar-refractivity contribution in [2.45, 2.75) is 6.42 Å². The fraction of sp³-hybridized carbons (Fsp3) is 0.333. The Hall–Kier alpha value is -2.14. The summed E-state index contributed by atoms with van der Waals surface area (Å²) >= 11 is 0. The number of fused-ring (bicyclic) bond motifs is 1. The van der Waals surface area contributed by atoms with Crippen LogP contribution in [-0.2, 0) is 4.74 Å². The van der Waals surface area contributed by atoms with Gasteiger partial charge in [-0.05, 0) is 18.6 Å². The summed E-state index contributed by atoms with van der Waals surface area (Å²) in [6, 6.07) is 9.00. The molecule has 1 fully saturated rings. The number of pyridine rings is 1. The molecule has 2 aromatic rings. The molecule has 0 saturated carbocycles. The molecule has 1 aromatic carbocycles. The molecule has 2 heterocycles. The topological polar surface area (TPSA) is 62.7 Å². The van der Waals surface area contributed by atoms with E-state index in [0.717, 1.165) is 26.1 Å². The number of aromatic nitrogens is 1. The molecule has 5 heteroatoms. The third-order valence-electron chi connectivity index (χ3n) is 3.48. The molecule has 104 valence electrons. The number of hydrogen-bond donors (Lipinski definition) is 1. The van der Waals surface area contributed by atoms with E-state index in [1.165, 1.54) is 0 Å². The number of aromatic carboxylic acids is 1. The van der Waals surface area contributed by atoms with Gasteiger partial charge in [0, 0.05) is 25.1 Å². The van der Waals surface area contributed by atoms with Gasteiger partial charge in [-0.2, -0.15) is 0 Å². The van der Waals surface area contributed by atoms with Gasteiger partial charge in [-0.1, -0.05) is 18.2 Å². The number of carbonyl (C=O) groups is 1. The zero-order valence-corrected chi connectivity index (χ0v) is 11.1. The van der Waals surface area contributed by atoms with Crippen molar-refractivity contribution in [2.24, 2.45) is 0 Å². The van der Waals surface area contributed by atoms with Crippen LogP contribution in [0.1, 0.15) is 16.8 Å². The average Bonchev–Trinajstić information content (AvgIpc) is 2.75. The number of anilines is 1. The fourth-order valence-electron chi connectivity index (χ4n) is 2.48. The number of ether oxygens (including phenoxy) is 1. The summed E-state index contributed by atoms with van der Waals surface area (Å²) in [7, 11) is 0. The maximum absolute atomic E-state index is 11.4. The second-order valence-corrected chi connectivity index (χ2v) is 4.80. The molecule has 20 heavy (non-hydrogen) atoms. The van der Waals surface area contributed by atoms with E-state index in [1.807, 2.05) is 18.2 Å². The molecule has 0 atom stereocenters. The number of nitrogens with zero attached hydrogens (tertiary/aromatic N) is 2. The van der Waals surface area contributed by atoms with Crippen molar-refractivity contribution in [3.63, 3.8) is 0 Å². The molecule has 5 nitrogen and oxygen atoms in total. The van der Waals surface area contributed by atoms with Crippen LogP contribution in [0.5, 0.6) is 0 Å². The van der Waals surface area contributed by atoms with Gasteiger partial charge in [0.05, 0.1) is 17.7 Å². The highest BCUT2D eigenvalue weighted by atomic mass is 16.5. The van der Waals surface area contributed by atoms with E-state index >= 15 is 0 Å². The predicted octanol–water partition coefficient (Wildman–Crippen LogP) is 2.16. The van der Waals surface area contributed by atoms with Gasteiger partial charge in [-0.3, -0.25) is 0 Å². The average molecular weight is 272 g/mol. The highest BCUT2D eigenvalue weighted by Crippen LogP contribution is 2.23. The van der Waals surface area contributed by atoms with E-state index in [-0.39, 0.29) is 0 Å². The van der Waals surface area contributed by atoms with Crippen LogP contribution in [0.15, 0.2) is 30.3 Å². The van der Waals surface area contributed by atoms with Gasteiger partial charge in [0.2, 0.25) is 0 Å². The first kappa shape index (κ1) is 12.9. The largest absolute Gasteiger partial charge is 0.478 e. The summed E-state index contributed by atoms with van der Waals surface area (Å²) in [6.45, 7) is 2.97. The molecule has 1 aromatic heterocycles. The normalized spacial score (nSPS) is 16.1. The van der Waals surface area contributed by atoms with Gasteiger partial charge < -0.3 is 14.7 Å². The monoisotopic (exact) mass is 272 g/mol. The maximum atomic E-state index is 11.4. The Morgan fingerprint density at radius 2 is 2.10 bits per heavy atom. The van der Waals surface area contributed by atoms with Crippen molar-refractivity contribution < 1.29 is 14.6 Å². The Balaban J connectivity index is 2.09. The second-order valence-electron chi connectivity index (χ2n) is 4.80. The van der Waals surface area contributed by atoms with Crippen LogP contribution in [0.4, 0.5) is 5.82 Å². The van der Waals surface area contributed by atoms with Crippen LogP contribution in [0.3, 0.4) is 0 Å². The highest BCUT2D eigenvalue weighted by Gasteiger charge is 2.16. The number of carboxylic acids is 1. The van der Waals surface area contributed by atoms with Gasteiger partial charge in [0.15, 0.2) is 0 Å². The second kappa shape index (κ2) is 5.46. The standard InChI is InChI=1S/C15H16N2O3/c18-15(19)12-10-14(17-6-3-8-20-9-7-17)16-13-5-2-1-4-11(12)13/h1-2,4-5,10H,3,6-9H2,(H,18,19). The summed E-state index contributed by atoms with van der Waals surface area (Å²) in [4.78, 5) is 18.1. The SMILES string of the molecule is O=C(O)c1cc(N2CCCOCC2)nc2ccccc12. The third kappa shape index (κ3) is 2.44. The maximum Gasteiger partial charge on any atom is 0.336 e. The van der Waals surface area contributed by atoms with Crippen LogP contribution in [0.25, 0.3) is 10.9 Å². The van der Waals surface area contributed by atoms with Crippen molar-refractivity contribution in [1.82, 2.24) is 4.98 Å². The number of benzene rings is 1. The molecule has 0 bridgehead atoms. The Morgan fingerprint density at radius 3 is 2.95 bits per heavy atom. The van der Waals surface area contributed by atoms with Crippen molar-refractivity contribution in [1.29, 1.82) is 0 Å². The molecular weight excluding hydrogens is 256 g/mol. The van der Waals surface area contributed by atoms with E-state index in [4.69, 9.17) is 4.74 Å². The molecule has 0 amide bonds. The summed E-state index contributed by atoms with van der Waals surface area (Å²) < 4.78 is 5.43. The summed E-state index contributed by atoms with van der Waals surface area (Å²) in [6.07, 6.45) is 0.927. The van der Waals surface area contributed by atoms with E-state index in [2.05, 4.69) is 9.88 Å². The fourth-order valence-corrected chi connectivity index (χ4v) is 2.48. The smallest absolute Gasteiger partial charge is 0.336 e. The molecule has 0 radical (unpaired) electrons. The minimum atomic E-state index is -0.920.